The fourth-order valence-electron chi connectivity index (χ4n) is 3.90. The molecule has 12 heteroatoms. The third-order valence-corrected chi connectivity index (χ3v) is 9.07. The van der Waals surface area contributed by atoms with E-state index in [0.29, 0.717) is 22.2 Å². The Morgan fingerprint density at radius 3 is 2.08 bits per heavy atom. The molecule has 0 aliphatic heterocycles. The fraction of sp³-hybridized carbons (Fsp3) is 0.286. The summed E-state index contributed by atoms with van der Waals surface area (Å²) in [5, 5.41) is 3.81. The molecule has 214 valence electrons. The van der Waals surface area contributed by atoms with Gasteiger partial charge in [-0.1, -0.05) is 84.0 Å². The minimum absolute atomic E-state index is 0.0371. The highest BCUT2D eigenvalue weighted by Gasteiger charge is 2.33. The molecule has 0 aliphatic carbocycles. The summed E-state index contributed by atoms with van der Waals surface area (Å²) in [4.78, 5) is 28.2. The number of nitrogens with zero attached hydrogens (tertiary/aromatic N) is 2. The summed E-state index contributed by atoms with van der Waals surface area (Å²) >= 11 is 25.2. The van der Waals surface area contributed by atoms with Crippen LogP contribution in [-0.4, -0.2) is 44.3 Å². The van der Waals surface area contributed by atoms with Gasteiger partial charge in [-0.2, -0.15) is 0 Å². The second-order valence-electron chi connectivity index (χ2n) is 8.99. The van der Waals surface area contributed by atoms with E-state index in [1.54, 1.807) is 43.3 Å². The zero-order valence-corrected chi connectivity index (χ0v) is 25.8. The molecular weight excluding hydrogens is 616 g/mol. The summed E-state index contributed by atoms with van der Waals surface area (Å²) in [7, 11) is -4.25. The fourth-order valence-corrected chi connectivity index (χ4v) is 6.35. The highest BCUT2D eigenvalue weighted by Crippen LogP contribution is 2.31. The number of nitrogens with one attached hydrogen (secondary N) is 1. The van der Waals surface area contributed by atoms with Gasteiger partial charge in [0, 0.05) is 38.7 Å². The molecule has 0 saturated carbocycles. The van der Waals surface area contributed by atoms with E-state index in [0.717, 1.165) is 17.1 Å². The quantitative estimate of drug-likeness (QED) is 0.219. The molecule has 1 unspecified atom stereocenters. The molecule has 0 aliphatic rings. The number of unbranched alkanes of at least 4 members (excludes halogenated alkanes) is 1. The first kappa shape index (κ1) is 32.0. The molecule has 0 bridgehead atoms. The Bertz CT molecular complexity index is 1410. The summed E-state index contributed by atoms with van der Waals surface area (Å²) in [6.45, 7) is 3.22. The molecule has 3 aromatic rings. The second-order valence-corrected chi connectivity index (χ2v) is 12.5. The van der Waals surface area contributed by atoms with Gasteiger partial charge in [-0.05, 0) is 55.8 Å². The SMILES string of the molecule is CCCCNC(=O)C(C)N(Cc1c(Cl)cccc1Cl)C(=O)CN(c1cc(Cl)cc(Cl)c1)S(=O)(=O)c1ccccc1. The molecule has 0 heterocycles. The van der Waals surface area contributed by atoms with Crippen LogP contribution >= 0.6 is 46.4 Å². The first-order chi connectivity index (χ1) is 18.9. The average molecular weight is 645 g/mol. The van der Waals surface area contributed by atoms with Crippen LogP contribution in [0.4, 0.5) is 5.69 Å². The lowest BCUT2D eigenvalue weighted by atomic mass is 10.1. The van der Waals surface area contributed by atoms with Crippen molar-refractivity contribution in [2.75, 3.05) is 17.4 Å². The molecular formula is C28H29Cl4N3O4S. The number of carbonyl (C=O) groups excluding carboxylic acids is 2. The molecule has 2 amide bonds. The molecule has 0 aromatic heterocycles. The number of hydrogen-bond donors (Lipinski definition) is 1. The second kappa shape index (κ2) is 14.4. The van der Waals surface area contributed by atoms with Crippen LogP contribution in [0.25, 0.3) is 0 Å². The Hall–Kier alpha value is -2.49. The Labute approximate surface area is 255 Å². The maximum absolute atomic E-state index is 14.0. The Morgan fingerprint density at radius 2 is 1.50 bits per heavy atom. The minimum atomic E-state index is -4.25. The van der Waals surface area contributed by atoms with Crippen LogP contribution in [0, 0.1) is 0 Å². The third-order valence-electron chi connectivity index (χ3n) is 6.13. The van der Waals surface area contributed by atoms with E-state index in [-0.39, 0.29) is 27.2 Å². The number of anilines is 1. The molecule has 0 saturated heterocycles. The van der Waals surface area contributed by atoms with Crippen molar-refractivity contribution in [3.63, 3.8) is 0 Å². The maximum Gasteiger partial charge on any atom is 0.264 e. The lowest BCUT2D eigenvalue weighted by Gasteiger charge is -2.32. The van der Waals surface area contributed by atoms with Gasteiger partial charge in [0.15, 0.2) is 0 Å². The number of halogens is 4. The van der Waals surface area contributed by atoms with Crippen molar-refractivity contribution in [3.05, 3.63) is 92.4 Å². The van der Waals surface area contributed by atoms with Crippen molar-refractivity contribution in [3.8, 4) is 0 Å². The smallest absolute Gasteiger partial charge is 0.264 e. The van der Waals surface area contributed by atoms with E-state index >= 15 is 0 Å². The monoisotopic (exact) mass is 643 g/mol. The molecule has 0 spiro atoms. The molecule has 0 radical (unpaired) electrons. The van der Waals surface area contributed by atoms with Crippen molar-refractivity contribution >= 4 is 73.9 Å². The number of rotatable bonds is 12. The van der Waals surface area contributed by atoms with Crippen LogP contribution in [0.1, 0.15) is 32.3 Å². The Balaban J connectivity index is 2.06. The molecule has 1 N–H and O–H groups in total. The van der Waals surface area contributed by atoms with Crippen molar-refractivity contribution < 1.29 is 18.0 Å². The van der Waals surface area contributed by atoms with E-state index < -0.39 is 34.4 Å². The lowest BCUT2D eigenvalue weighted by molar-refractivity contribution is -0.139. The Morgan fingerprint density at radius 1 is 0.900 bits per heavy atom. The number of benzene rings is 3. The molecule has 3 rings (SSSR count). The number of amides is 2. The minimum Gasteiger partial charge on any atom is -0.354 e. The summed E-state index contributed by atoms with van der Waals surface area (Å²) in [6.07, 6.45) is 1.64. The highest BCUT2D eigenvalue weighted by molar-refractivity contribution is 7.92. The maximum atomic E-state index is 14.0. The van der Waals surface area contributed by atoms with Gasteiger partial charge in [-0.25, -0.2) is 8.42 Å². The summed E-state index contributed by atoms with van der Waals surface area (Å²) in [5.74, 6) is -1.06. The molecule has 40 heavy (non-hydrogen) atoms. The number of hydrogen-bond acceptors (Lipinski definition) is 4. The van der Waals surface area contributed by atoms with Crippen LogP contribution < -0.4 is 9.62 Å². The zero-order valence-electron chi connectivity index (χ0n) is 21.9. The van der Waals surface area contributed by atoms with Gasteiger partial charge in [0.05, 0.1) is 10.6 Å². The average Bonchev–Trinajstić information content (AvgIpc) is 2.91. The van der Waals surface area contributed by atoms with Crippen LogP contribution in [0.5, 0.6) is 0 Å². The van der Waals surface area contributed by atoms with E-state index in [9.17, 15) is 18.0 Å². The first-order valence-electron chi connectivity index (χ1n) is 12.5. The highest BCUT2D eigenvalue weighted by atomic mass is 35.5. The van der Waals surface area contributed by atoms with Crippen molar-refractivity contribution in [2.24, 2.45) is 0 Å². The summed E-state index contributed by atoms with van der Waals surface area (Å²) < 4.78 is 28.5. The van der Waals surface area contributed by atoms with Crippen molar-refractivity contribution in [1.29, 1.82) is 0 Å². The number of carbonyl (C=O) groups is 2. The standard InChI is InChI=1S/C28H29Cl4N3O4S/c1-3-4-13-33-28(37)19(2)34(17-24-25(31)11-8-12-26(24)32)27(36)18-35(22-15-20(29)14-21(30)16-22)40(38,39)23-9-6-5-7-10-23/h5-12,14-16,19H,3-4,13,17-18H2,1-2H3,(H,33,37). The largest absolute Gasteiger partial charge is 0.354 e. The van der Waals surface area contributed by atoms with Gasteiger partial charge < -0.3 is 10.2 Å². The number of sulfonamides is 1. The predicted octanol–water partition coefficient (Wildman–Crippen LogP) is 6.83. The first-order valence-corrected chi connectivity index (χ1v) is 15.4. The van der Waals surface area contributed by atoms with E-state index in [1.165, 1.54) is 35.2 Å². The van der Waals surface area contributed by atoms with Gasteiger partial charge in [0.1, 0.15) is 12.6 Å². The van der Waals surface area contributed by atoms with E-state index in [4.69, 9.17) is 46.4 Å². The molecule has 7 nitrogen and oxygen atoms in total. The van der Waals surface area contributed by atoms with Crippen LogP contribution in [0.15, 0.2) is 71.6 Å². The predicted molar refractivity (Wildman–Crippen MR) is 162 cm³/mol. The summed E-state index contributed by atoms with van der Waals surface area (Å²) in [5.41, 5.74) is 0.515. The van der Waals surface area contributed by atoms with E-state index in [1.807, 2.05) is 6.92 Å². The van der Waals surface area contributed by atoms with E-state index in [2.05, 4.69) is 5.32 Å². The molecule has 3 aromatic carbocycles. The van der Waals surface area contributed by atoms with Gasteiger partial charge >= 0.3 is 0 Å². The lowest BCUT2D eigenvalue weighted by Crippen LogP contribution is -2.51. The van der Waals surface area contributed by atoms with Gasteiger partial charge in [0.2, 0.25) is 11.8 Å². The van der Waals surface area contributed by atoms with Gasteiger partial charge in [-0.15, -0.1) is 0 Å². The molecule has 1 atom stereocenters. The van der Waals surface area contributed by atoms with Crippen molar-refractivity contribution in [1.82, 2.24) is 10.2 Å². The normalized spacial score (nSPS) is 12.1. The summed E-state index contributed by atoms with van der Waals surface area (Å²) in [6, 6.07) is 15.9. The van der Waals surface area contributed by atoms with Crippen molar-refractivity contribution in [2.45, 2.75) is 44.2 Å². The van der Waals surface area contributed by atoms with Crippen LogP contribution in [-0.2, 0) is 26.2 Å². The van der Waals surface area contributed by atoms with Gasteiger partial charge in [-0.3, -0.25) is 13.9 Å². The van der Waals surface area contributed by atoms with Gasteiger partial charge in [0.25, 0.3) is 10.0 Å². The Kier molecular flexibility index (Phi) is 11.5. The topological polar surface area (TPSA) is 86.8 Å². The third kappa shape index (κ3) is 8.04. The zero-order chi connectivity index (χ0) is 29.4. The molecule has 0 fully saturated rings. The van der Waals surface area contributed by atoms with Crippen LogP contribution in [0.2, 0.25) is 20.1 Å². The van der Waals surface area contributed by atoms with Crippen LogP contribution in [0.3, 0.4) is 0 Å².